The number of carbonyl (C=O) groups is 4. The van der Waals surface area contributed by atoms with E-state index in [9.17, 15) is 24.3 Å². The van der Waals surface area contributed by atoms with Crippen molar-refractivity contribution in [2.24, 2.45) is 28.1 Å². The fourth-order valence-corrected chi connectivity index (χ4v) is 9.51. The molecule has 7 rings (SSSR count). The van der Waals surface area contributed by atoms with Gasteiger partial charge in [-0.1, -0.05) is 6.92 Å². The highest BCUT2D eigenvalue weighted by Gasteiger charge is 2.90. The monoisotopic (exact) mass is 502 g/mol. The van der Waals surface area contributed by atoms with E-state index in [2.05, 4.69) is 0 Å². The third kappa shape index (κ3) is 2.23. The van der Waals surface area contributed by atoms with E-state index in [0.717, 1.165) is 0 Å². The Morgan fingerprint density at radius 2 is 1.69 bits per heavy atom. The molecule has 194 valence electrons. The van der Waals surface area contributed by atoms with Crippen molar-refractivity contribution in [1.82, 2.24) is 0 Å². The van der Waals surface area contributed by atoms with Crippen LogP contribution in [-0.2, 0) is 42.9 Å². The summed E-state index contributed by atoms with van der Waals surface area (Å²) in [5.41, 5.74) is -4.37. The first-order chi connectivity index (χ1) is 16.8. The summed E-state index contributed by atoms with van der Waals surface area (Å²) < 4.78 is 29.1. The predicted octanol–water partition coefficient (Wildman–Crippen LogP) is 0.973. The van der Waals surface area contributed by atoms with Crippen LogP contribution in [0.2, 0.25) is 0 Å². The highest BCUT2D eigenvalue weighted by molar-refractivity contribution is 5.96. The number of cyclic esters (lactones) is 3. The molecule has 7 aliphatic rings. The van der Waals surface area contributed by atoms with Crippen molar-refractivity contribution in [2.75, 3.05) is 6.61 Å². The number of ketones is 1. The molecule has 2 saturated carbocycles. The van der Waals surface area contributed by atoms with E-state index in [1.54, 1.807) is 0 Å². The molecule has 10 atom stereocenters. The normalized spacial score (nSPS) is 54.1. The van der Waals surface area contributed by atoms with Gasteiger partial charge >= 0.3 is 17.9 Å². The van der Waals surface area contributed by atoms with Gasteiger partial charge in [-0.15, -0.1) is 0 Å². The average Bonchev–Trinajstić information content (AvgIpc) is 3.43. The maximum Gasteiger partial charge on any atom is 0.340 e. The van der Waals surface area contributed by atoms with Gasteiger partial charge < -0.3 is 28.8 Å². The van der Waals surface area contributed by atoms with Crippen LogP contribution in [0.15, 0.2) is 11.6 Å². The van der Waals surface area contributed by atoms with Crippen molar-refractivity contribution in [3.63, 3.8) is 0 Å². The molecule has 0 aromatic heterocycles. The molecule has 0 bridgehead atoms. The molecule has 2 spiro atoms. The second-order valence-electron chi connectivity index (χ2n) is 12.5. The van der Waals surface area contributed by atoms with E-state index in [-0.39, 0.29) is 48.6 Å². The van der Waals surface area contributed by atoms with Gasteiger partial charge in [0.2, 0.25) is 6.29 Å². The SMILES string of the molecule is CC1(C)O[C@@H]2CC(=O)OC[C@@]23[C@@H]1CC(=O)[C@@]1(C)[C@@H]3CC[C@]2(C)[C@H](C3=C[C@H](O)OC3=O)OC(=O)[C@@H]3O[C@@]312. The Morgan fingerprint density at radius 1 is 0.944 bits per heavy atom. The van der Waals surface area contributed by atoms with Crippen molar-refractivity contribution in [3.05, 3.63) is 11.6 Å². The smallest absolute Gasteiger partial charge is 0.340 e. The first kappa shape index (κ1) is 22.9. The molecule has 1 N–H and O–H groups in total. The Kier molecular flexibility index (Phi) is 4.06. The Morgan fingerprint density at radius 3 is 2.39 bits per heavy atom. The number of epoxide rings is 1. The largest absolute Gasteiger partial charge is 0.465 e. The van der Waals surface area contributed by atoms with E-state index in [1.807, 2.05) is 27.7 Å². The first-order valence-corrected chi connectivity index (χ1v) is 12.7. The van der Waals surface area contributed by atoms with Crippen LogP contribution in [-0.4, -0.2) is 71.2 Å². The van der Waals surface area contributed by atoms with Gasteiger partial charge in [0.05, 0.1) is 29.1 Å². The van der Waals surface area contributed by atoms with Crippen molar-refractivity contribution < 1.29 is 48.0 Å². The molecular weight excluding hydrogens is 472 g/mol. The van der Waals surface area contributed by atoms with Crippen LogP contribution in [0.5, 0.6) is 0 Å². The number of aliphatic hydroxyl groups is 1. The summed E-state index contributed by atoms with van der Waals surface area (Å²) in [7, 11) is 0. The fraction of sp³-hybridized carbons (Fsp3) is 0.769. The van der Waals surface area contributed by atoms with Crippen LogP contribution in [0.4, 0.5) is 0 Å². The van der Waals surface area contributed by atoms with Crippen molar-refractivity contribution in [3.8, 4) is 0 Å². The molecule has 0 aromatic rings. The van der Waals surface area contributed by atoms with E-state index in [1.165, 1.54) is 6.08 Å². The quantitative estimate of drug-likeness (QED) is 0.314. The average molecular weight is 503 g/mol. The predicted molar refractivity (Wildman–Crippen MR) is 117 cm³/mol. The van der Waals surface area contributed by atoms with Gasteiger partial charge in [-0.05, 0) is 45.6 Å². The third-order valence-electron chi connectivity index (χ3n) is 11.0. The van der Waals surface area contributed by atoms with Crippen molar-refractivity contribution in [2.45, 2.75) is 89.2 Å². The molecule has 5 heterocycles. The number of hydrogen-bond acceptors (Lipinski definition) is 10. The number of aliphatic hydroxyl groups excluding tert-OH is 1. The lowest BCUT2D eigenvalue weighted by atomic mass is 9.37. The van der Waals surface area contributed by atoms with Crippen LogP contribution in [0.1, 0.15) is 53.4 Å². The Bertz CT molecular complexity index is 1170. The van der Waals surface area contributed by atoms with Gasteiger partial charge in [-0.3, -0.25) is 9.59 Å². The van der Waals surface area contributed by atoms with E-state index in [4.69, 9.17) is 23.7 Å². The van der Waals surface area contributed by atoms with Gasteiger partial charge in [0.25, 0.3) is 0 Å². The molecule has 0 unspecified atom stereocenters. The van der Waals surface area contributed by atoms with Crippen molar-refractivity contribution in [1.29, 1.82) is 0 Å². The molecule has 10 heteroatoms. The standard InChI is InChI=1S/C26H30O10/c1-22(2)13-8-14(27)24(4)12(25(13)10-32-16(28)9-15(25)35-22)5-6-23(3)18(11-7-17(29)33-20(11)30)34-21(31)19-26(23,24)36-19/h7,12-13,15,17-19,29H,5-6,8-10H2,1-4H3/t12-,13+,15+,17+,18-,19-,23+,24+,25+,26+/m0/s1. The summed E-state index contributed by atoms with van der Waals surface area (Å²) in [6.07, 6.45) is -1.12. The van der Waals surface area contributed by atoms with Gasteiger partial charge in [0.1, 0.15) is 24.1 Å². The minimum atomic E-state index is -1.41. The number of rotatable bonds is 1. The second kappa shape index (κ2) is 6.39. The molecule has 2 aliphatic carbocycles. The number of esters is 3. The molecule has 0 amide bonds. The lowest BCUT2D eigenvalue weighted by Gasteiger charge is -2.65. The minimum absolute atomic E-state index is 0.0118. The Labute approximate surface area is 207 Å². The summed E-state index contributed by atoms with van der Waals surface area (Å²) in [5, 5.41) is 9.90. The summed E-state index contributed by atoms with van der Waals surface area (Å²) in [6, 6.07) is 0. The zero-order chi connectivity index (χ0) is 25.6. The fourth-order valence-electron chi connectivity index (χ4n) is 9.51. The van der Waals surface area contributed by atoms with Crippen LogP contribution in [0.3, 0.4) is 0 Å². The molecule has 5 aliphatic heterocycles. The molecular formula is C26H30O10. The molecule has 0 aromatic carbocycles. The summed E-state index contributed by atoms with van der Waals surface area (Å²) >= 11 is 0. The molecule has 10 nitrogen and oxygen atoms in total. The van der Waals surface area contributed by atoms with Gasteiger partial charge in [0, 0.05) is 23.2 Å². The topological polar surface area (TPSA) is 138 Å². The molecule has 0 radical (unpaired) electrons. The molecule has 36 heavy (non-hydrogen) atoms. The van der Waals surface area contributed by atoms with E-state index < -0.39 is 64.0 Å². The lowest BCUT2D eigenvalue weighted by Crippen LogP contribution is -2.74. The lowest BCUT2D eigenvalue weighted by molar-refractivity contribution is -0.221. The highest BCUT2D eigenvalue weighted by Crippen LogP contribution is 2.78. The first-order valence-electron chi connectivity index (χ1n) is 12.7. The van der Waals surface area contributed by atoms with Crippen LogP contribution in [0, 0.1) is 28.1 Å². The number of ether oxygens (including phenoxy) is 5. The third-order valence-corrected chi connectivity index (χ3v) is 11.0. The number of Topliss-reactive ketones (excluding diaryl/α,β-unsaturated/α-hetero) is 1. The highest BCUT2D eigenvalue weighted by atomic mass is 16.7. The zero-order valence-electron chi connectivity index (χ0n) is 20.7. The minimum Gasteiger partial charge on any atom is -0.465 e. The maximum absolute atomic E-state index is 14.3. The number of hydrogen-bond donors (Lipinski definition) is 1. The van der Waals surface area contributed by atoms with Crippen LogP contribution < -0.4 is 0 Å². The Balaban J connectivity index is 1.39. The van der Waals surface area contributed by atoms with Crippen LogP contribution in [0.25, 0.3) is 0 Å². The number of carbonyl (C=O) groups excluding carboxylic acids is 4. The van der Waals surface area contributed by atoms with Gasteiger partial charge in [0.15, 0.2) is 6.10 Å². The van der Waals surface area contributed by atoms with Gasteiger partial charge in [-0.25, -0.2) is 9.59 Å². The second-order valence-corrected chi connectivity index (χ2v) is 12.5. The molecule has 6 fully saturated rings. The van der Waals surface area contributed by atoms with Gasteiger partial charge in [-0.2, -0.15) is 0 Å². The van der Waals surface area contributed by atoms with Crippen molar-refractivity contribution >= 4 is 23.7 Å². The molecule has 4 saturated heterocycles. The summed E-state index contributed by atoms with van der Waals surface area (Å²) in [6.45, 7) is 7.88. The number of fused-ring (bicyclic) bond motifs is 1. The maximum atomic E-state index is 14.3. The van der Waals surface area contributed by atoms with E-state index in [0.29, 0.717) is 12.8 Å². The Hall–Kier alpha value is -2.30. The summed E-state index contributed by atoms with van der Waals surface area (Å²) in [5.74, 6) is -2.12. The zero-order valence-corrected chi connectivity index (χ0v) is 20.7. The summed E-state index contributed by atoms with van der Waals surface area (Å²) in [4.78, 5) is 52.3. The van der Waals surface area contributed by atoms with E-state index >= 15 is 0 Å². The van der Waals surface area contributed by atoms with Crippen LogP contribution >= 0.6 is 0 Å².